The van der Waals surface area contributed by atoms with Gasteiger partial charge in [-0.1, -0.05) is 60.1 Å². The summed E-state index contributed by atoms with van der Waals surface area (Å²) in [6.07, 6.45) is 0. The van der Waals surface area contributed by atoms with Crippen LogP contribution in [0.4, 0.5) is 0 Å². The number of aromatic nitrogens is 3. The Balaban J connectivity index is 1.56. The van der Waals surface area contributed by atoms with E-state index in [0.29, 0.717) is 22.2 Å². The molecule has 0 N–H and O–H groups in total. The van der Waals surface area contributed by atoms with E-state index in [1.807, 2.05) is 60.7 Å². The molecule has 0 aliphatic heterocycles. The van der Waals surface area contributed by atoms with E-state index in [0.717, 1.165) is 11.3 Å². The van der Waals surface area contributed by atoms with Crippen LogP contribution in [0.5, 0.6) is 5.75 Å². The first-order valence-electron chi connectivity index (χ1n) is 9.68. The number of Topliss-reactive ketones (excluding diaryl/α,β-unsaturated/α-hetero) is 1. The number of para-hydroxylation sites is 1. The van der Waals surface area contributed by atoms with Crippen molar-refractivity contribution in [1.29, 1.82) is 0 Å². The molecule has 1 aromatic heterocycles. The van der Waals surface area contributed by atoms with Crippen LogP contribution in [0.1, 0.15) is 21.0 Å². The third kappa shape index (κ3) is 4.53. The Hall–Kier alpha value is -3.97. The van der Waals surface area contributed by atoms with E-state index in [1.54, 1.807) is 16.8 Å². The number of rotatable bonds is 7. The largest absolute Gasteiger partial charge is 0.495 e. The molecule has 0 unspecified atom stereocenters. The maximum Gasteiger partial charge on any atom is 0.378 e. The summed E-state index contributed by atoms with van der Waals surface area (Å²) < 4.78 is 11.8. The second-order valence-corrected chi connectivity index (χ2v) is 7.13. The van der Waals surface area contributed by atoms with Gasteiger partial charge in [0.1, 0.15) is 5.75 Å². The number of benzene rings is 3. The second-order valence-electron chi connectivity index (χ2n) is 6.72. The smallest absolute Gasteiger partial charge is 0.378 e. The molecule has 3 aromatic carbocycles. The minimum Gasteiger partial charge on any atom is -0.495 e. The predicted molar refractivity (Wildman–Crippen MR) is 119 cm³/mol. The highest BCUT2D eigenvalue weighted by atomic mass is 35.5. The van der Waals surface area contributed by atoms with E-state index in [4.69, 9.17) is 21.1 Å². The molecule has 0 saturated carbocycles. The molecule has 160 valence electrons. The molecule has 0 saturated heterocycles. The van der Waals surface area contributed by atoms with E-state index >= 15 is 0 Å². The number of methoxy groups -OCH3 is 1. The fourth-order valence-electron chi connectivity index (χ4n) is 3.04. The summed E-state index contributed by atoms with van der Waals surface area (Å²) in [7, 11) is 1.48. The molecule has 32 heavy (non-hydrogen) atoms. The standard InChI is InChI=1S/C24H18ClN3O4/c1-31-21-13-12-17(14-19(21)25)20(29)15-32-24(30)22-26-23(16-8-4-2-5-9-16)28(27-22)18-10-6-3-7-11-18/h2-14H,15H2,1H3. The third-order valence-electron chi connectivity index (χ3n) is 4.63. The van der Waals surface area contributed by atoms with Gasteiger partial charge in [0.25, 0.3) is 5.82 Å². The molecule has 7 nitrogen and oxygen atoms in total. The number of ether oxygens (including phenoxy) is 2. The van der Waals surface area contributed by atoms with Crippen molar-refractivity contribution in [2.45, 2.75) is 0 Å². The lowest BCUT2D eigenvalue weighted by Crippen LogP contribution is -2.15. The number of hydrogen-bond acceptors (Lipinski definition) is 6. The van der Waals surface area contributed by atoms with Crippen LogP contribution in [0.2, 0.25) is 5.02 Å². The molecule has 0 aliphatic carbocycles. The fraction of sp³-hybridized carbons (Fsp3) is 0.0833. The molecule has 0 amide bonds. The topological polar surface area (TPSA) is 83.3 Å². The first-order valence-corrected chi connectivity index (χ1v) is 10.1. The van der Waals surface area contributed by atoms with Crippen LogP contribution in [0.15, 0.2) is 78.9 Å². The number of carbonyl (C=O) groups is 2. The van der Waals surface area contributed by atoms with Gasteiger partial charge in [-0.05, 0) is 30.3 Å². The molecule has 0 bridgehead atoms. The van der Waals surface area contributed by atoms with E-state index in [-0.39, 0.29) is 5.82 Å². The van der Waals surface area contributed by atoms with Gasteiger partial charge in [0, 0.05) is 11.1 Å². The SMILES string of the molecule is COc1ccc(C(=O)COC(=O)c2nc(-c3ccccc3)n(-c3ccccc3)n2)cc1Cl. The number of esters is 1. The van der Waals surface area contributed by atoms with Gasteiger partial charge in [0.05, 0.1) is 17.8 Å². The normalized spacial score (nSPS) is 10.6. The summed E-state index contributed by atoms with van der Waals surface area (Å²) >= 11 is 6.06. The Morgan fingerprint density at radius 1 is 0.969 bits per heavy atom. The lowest BCUT2D eigenvalue weighted by atomic mass is 10.1. The Morgan fingerprint density at radius 2 is 1.66 bits per heavy atom. The Labute approximate surface area is 189 Å². The zero-order chi connectivity index (χ0) is 22.5. The van der Waals surface area contributed by atoms with Crippen molar-refractivity contribution in [2.24, 2.45) is 0 Å². The summed E-state index contributed by atoms with van der Waals surface area (Å²) in [5.74, 6) is -0.423. The number of hydrogen-bond donors (Lipinski definition) is 0. The molecular weight excluding hydrogens is 430 g/mol. The molecule has 0 fully saturated rings. The van der Waals surface area contributed by atoms with Crippen molar-refractivity contribution in [2.75, 3.05) is 13.7 Å². The summed E-state index contributed by atoms with van der Waals surface area (Å²) in [5.41, 5.74) is 1.82. The lowest BCUT2D eigenvalue weighted by Gasteiger charge is -2.06. The van der Waals surface area contributed by atoms with Gasteiger partial charge in [-0.15, -0.1) is 5.10 Å². The average molecular weight is 448 g/mol. The number of carbonyl (C=O) groups excluding carboxylic acids is 2. The average Bonchev–Trinajstić information content (AvgIpc) is 3.29. The van der Waals surface area contributed by atoms with Crippen LogP contribution in [-0.2, 0) is 4.74 Å². The zero-order valence-electron chi connectivity index (χ0n) is 17.1. The maximum absolute atomic E-state index is 12.6. The van der Waals surface area contributed by atoms with Crippen LogP contribution in [0.3, 0.4) is 0 Å². The second kappa shape index (κ2) is 9.45. The van der Waals surface area contributed by atoms with Gasteiger partial charge in [-0.3, -0.25) is 4.79 Å². The molecule has 0 atom stereocenters. The molecule has 4 rings (SSSR count). The van der Waals surface area contributed by atoms with Crippen molar-refractivity contribution < 1.29 is 19.1 Å². The molecule has 0 spiro atoms. The van der Waals surface area contributed by atoms with Crippen molar-refractivity contribution in [1.82, 2.24) is 14.8 Å². The van der Waals surface area contributed by atoms with Crippen molar-refractivity contribution in [3.8, 4) is 22.8 Å². The van der Waals surface area contributed by atoms with Crippen LogP contribution in [0.25, 0.3) is 17.1 Å². The summed E-state index contributed by atoms with van der Waals surface area (Å²) in [6, 6.07) is 23.3. The van der Waals surface area contributed by atoms with Crippen molar-refractivity contribution in [3.05, 3.63) is 95.3 Å². The van der Waals surface area contributed by atoms with E-state index in [2.05, 4.69) is 10.1 Å². The summed E-state index contributed by atoms with van der Waals surface area (Å²) in [5, 5.41) is 4.62. The number of ketones is 1. The van der Waals surface area contributed by atoms with Crippen LogP contribution >= 0.6 is 11.6 Å². The minimum atomic E-state index is -0.801. The van der Waals surface area contributed by atoms with Gasteiger partial charge >= 0.3 is 5.97 Å². The Kier molecular flexibility index (Phi) is 6.28. The predicted octanol–water partition coefficient (Wildman–Crippen LogP) is 4.64. The molecule has 1 heterocycles. The van der Waals surface area contributed by atoms with Gasteiger partial charge in [-0.2, -0.15) is 0 Å². The summed E-state index contributed by atoms with van der Waals surface area (Å²) in [4.78, 5) is 29.4. The fourth-order valence-corrected chi connectivity index (χ4v) is 3.30. The van der Waals surface area contributed by atoms with Gasteiger partial charge in [0.15, 0.2) is 18.2 Å². The molecular formula is C24H18ClN3O4. The van der Waals surface area contributed by atoms with Crippen molar-refractivity contribution >= 4 is 23.4 Å². The van der Waals surface area contributed by atoms with Crippen LogP contribution < -0.4 is 4.74 Å². The van der Waals surface area contributed by atoms with Crippen LogP contribution in [-0.4, -0.2) is 40.2 Å². The Morgan fingerprint density at radius 3 is 2.31 bits per heavy atom. The number of halogens is 1. The first kappa shape index (κ1) is 21.3. The molecule has 0 radical (unpaired) electrons. The highest BCUT2D eigenvalue weighted by Crippen LogP contribution is 2.25. The highest BCUT2D eigenvalue weighted by molar-refractivity contribution is 6.32. The van der Waals surface area contributed by atoms with Gasteiger partial charge in [-0.25, -0.2) is 14.5 Å². The quantitative estimate of drug-likeness (QED) is 0.303. The van der Waals surface area contributed by atoms with Crippen LogP contribution in [0, 0.1) is 0 Å². The molecule has 4 aromatic rings. The summed E-state index contributed by atoms with van der Waals surface area (Å²) in [6.45, 7) is -0.470. The highest BCUT2D eigenvalue weighted by Gasteiger charge is 2.21. The Bertz CT molecular complexity index is 1200. The lowest BCUT2D eigenvalue weighted by molar-refractivity contribution is 0.0462. The first-order chi connectivity index (χ1) is 15.6. The number of nitrogens with zero attached hydrogens (tertiary/aromatic N) is 3. The van der Waals surface area contributed by atoms with Gasteiger partial charge < -0.3 is 9.47 Å². The zero-order valence-corrected chi connectivity index (χ0v) is 17.8. The van der Waals surface area contributed by atoms with E-state index in [1.165, 1.54) is 13.2 Å². The monoisotopic (exact) mass is 447 g/mol. The molecule has 8 heteroatoms. The van der Waals surface area contributed by atoms with E-state index < -0.39 is 18.4 Å². The third-order valence-corrected chi connectivity index (χ3v) is 4.93. The van der Waals surface area contributed by atoms with Crippen molar-refractivity contribution in [3.63, 3.8) is 0 Å². The minimum absolute atomic E-state index is 0.145. The van der Waals surface area contributed by atoms with Gasteiger partial charge in [0.2, 0.25) is 0 Å². The molecule has 0 aliphatic rings. The maximum atomic E-state index is 12.6. The van der Waals surface area contributed by atoms with E-state index in [9.17, 15) is 9.59 Å².